The van der Waals surface area contributed by atoms with E-state index in [1.54, 1.807) is 22.7 Å². The van der Waals surface area contributed by atoms with Crippen LogP contribution in [0.5, 0.6) is 0 Å². The van der Waals surface area contributed by atoms with Gasteiger partial charge in [0.25, 0.3) is 0 Å². The second-order valence-corrected chi connectivity index (χ2v) is 5.51. The molecule has 1 saturated heterocycles. The van der Waals surface area contributed by atoms with Crippen molar-refractivity contribution in [3.8, 4) is 0 Å². The lowest BCUT2D eigenvalue weighted by atomic mass is 9.90. The Balaban J connectivity index is 2.19. The molecule has 0 radical (unpaired) electrons. The lowest BCUT2D eigenvalue weighted by Gasteiger charge is -2.45. The number of carbonyl (C=O) groups is 2. The number of hydrogen-bond donors (Lipinski definition) is 1. The molecule has 0 spiro atoms. The third-order valence-corrected chi connectivity index (χ3v) is 4.27. The van der Waals surface area contributed by atoms with E-state index >= 15 is 0 Å². The zero-order valence-electron chi connectivity index (χ0n) is 12.5. The molecule has 1 aromatic heterocycles. The monoisotopic (exact) mass is 278 g/mol. The summed E-state index contributed by atoms with van der Waals surface area (Å²) in [7, 11) is 1.88. The summed E-state index contributed by atoms with van der Waals surface area (Å²) in [5.74, 6) is -0.0896. The van der Waals surface area contributed by atoms with Crippen molar-refractivity contribution >= 4 is 11.8 Å². The fourth-order valence-corrected chi connectivity index (χ4v) is 2.59. The van der Waals surface area contributed by atoms with Crippen molar-refractivity contribution in [3.05, 3.63) is 18.0 Å². The maximum atomic E-state index is 12.4. The fraction of sp³-hybridized carbons (Fsp3) is 0.643. The third-order valence-electron chi connectivity index (χ3n) is 4.27. The number of aromatic nitrogens is 2. The lowest BCUT2D eigenvalue weighted by molar-refractivity contribution is -0.156. The zero-order valence-corrected chi connectivity index (χ0v) is 12.5. The predicted octanol–water partition coefficient (Wildman–Crippen LogP) is 0.478. The van der Waals surface area contributed by atoms with Crippen molar-refractivity contribution in [1.82, 2.24) is 20.0 Å². The number of hydrogen-bond acceptors (Lipinski definition) is 3. The highest BCUT2D eigenvalue weighted by Gasteiger charge is 2.46. The molecule has 6 nitrogen and oxygen atoms in total. The quantitative estimate of drug-likeness (QED) is 0.871. The first-order chi connectivity index (χ1) is 9.40. The highest BCUT2D eigenvalue weighted by molar-refractivity contribution is 5.99. The SMILES string of the molecule is CCC1(C)C(=O)NC(C)C(=O)N1CCc1ccnn1C. The number of nitrogens with one attached hydrogen (secondary N) is 1. The summed E-state index contributed by atoms with van der Waals surface area (Å²) in [6.45, 7) is 6.02. The van der Waals surface area contributed by atoms with Gasteiger partial charge in [0, 0.05) is 31.9 Å². The van der Waals surface area contributed by atoms with Crippen LogP contribution in [0.15, 0.2) is 12.3 Å². The predicted molar refractivity (Wildman–Crippen MR) is 74.9 cm³/mol. The maximum absolute atomic E-state index is 12.4. The first kappa shape index (κ1) is 14.6. The van der Waals surface area contributed by atoms with E-state index in [0.29, 0.717) is 19.4 Å². The average Bonchev–Trinajstić information content (AvgIpc) is 2.82. The molecule has 2 amide bonds. The van der Waals surface area contributed by atoms with Crippen LogP contribution in [0.3, 0.4) is 0 Å². The summed E-state index contributed by atoms with van der Waals surface area (Å²) >= 11 is 0. The number of rotatable bonds is 4. The van der Waals surface area contributed by atoms with Gasteiger partial charge in [0.05, 0.1) is 0 Å². The largest absolute Gasteiger partial charge is 0.343 e. The van der Waals surface area contributed by atoms with Crippen LogP contribution in [0.25, 0.3) is 0 Å². The minimum atomic E-state index is -0.762. The van der Waals surface area contributed by atoms with E-state index in [4.69, 9.17) is 0 Å². The summed E-state index contributed by atoms with van der Waals surface area (Å²) in [6.07, 6.45) is 3.03. The molecule has 6 heteroatoms. The summed E-state index contributed by atoms with van der Waals surface area (Å²) in [5, 5.41) is 6.88. The van der Waals surface area contributed by atoms with Crippen molar-refractivity contribution in [2.24, 2.45) is 7.05 Å². The molecule has 1 aliphatic rings. The van der Waals surface area contributed by atoms with Gasteiger partial charge in [-0.2, -0.15) is 5.10 Å². The Labute approximate surface area is 119 Å². The molecular formula is C14H22N4O2. The molecule has 0 bridgehead atoms. The van der Waals surface area contributed by atoms with Gasteiger partial charge in [0.15, 0.2) is 0 Å². The first-order valence-electron chi connectivity index (χ1n) is 6.99. The molecule has 0 saturated carbocycles. The van der Waals surface area contributed by atoms with Crippen LogP contribution in [0.1, 0.15) is 32.9 Å². The smallest absolute Gasteiger partial charge is 0.246 e. The molecule has 110 valence electrons. The summed E-state index contributed by atoms with van der Waals surface area (Å²) < 4.78 is 1.79. The van der Waals surface area contributed by atoms with Crippen LogP contribution >= 0.6 is 0 Å². The Kier molecular flexibility index (Phi) is 3.83. The molecule has 2 unspecified atom stereocenters. The highest BCUT2D eigenvalue weighted by atomic mass is 16.2. The Morgan fingerprint density at radius 3 is 2.70 bits per heavy atom. The van der Waals surface area contributed by atoms with Crippen molar-refractivity contribution in [2.75, 3.05) is 6.54 Å². The van der Waals surface area contributed by atoms with Crippen molar-refractivity contribution in [1.29, 1.82) is 0 Å². The minimum Gasteiger partial charge on any atom is -0.343 e. The van der Waals surface area contributed by atoms with Gasteiger partial charge < -0.3 is 10.2 Å². The molecule has 0 aliphatic carbocycles. The lowest BCUT2D eigenvalue weighted by Crippen LogP contribution is -2.68. The van der Waals surface area contributed by atoms with Gasteiger partial charge in [-0.1, -0.05) is 6.92 Å². The molecule has 20 heavy (non-hydrogen) atoms. The second kappa shape index (κ2) is 5.26. The highest BCUT2D eigenvalue weighted by Crippen LogP contribution is 2.25. The van der Waals surface area contributed by atoms with E-state index in [0.717, 1.165) is 5.69 Å². The average molecular weight is 278 g/mol. The van der Waals surface area contributed by atoms with Crippen molar-refractivity contribution < 1.29 is 9.59 Å². The Morgan fingerprint density at radius 2 is 2.15 bits per heavy atom. The van der Waals surface area contributed by atoms with E-state index in [2.05, 4.69) is 10.4 Å². The van der Waals surface area contributed by atoms with Gasteiger partial charge in [0.1, 0.15) is 11.6 Å². The number of amides is 2. The van der Waals surface area contributed by atoms with Crippen LogP contribution < -0.4 is 5.32 Å². The number of nitrogens with zero attached hydrogens (tertiary/aromatic N) is 3. The van der Waals surface area contributed by atoms with Gasteiger partial charge in [0.2, 0.25) is 11.8 Å². The maximum Gasteiger partial charge on any atom is 0.246 e. The van der Waals surface area contributed by atoms with Gasteiger partial charge >= 0.3 is 0 Å². The second-order valence-electron chi connectivity index (χ2n) is 5.51. The Morgan fingerprint density at radius 1 is 1.45 bits per heavy atom. The van der Waals surface area contributed by atoms with Crippen LogP contribution in [0.2, 0.25) is 0 Å². The summed E-state index contributed by atoms with van der Waals surface area (Å²) in [5.41, 5.74) is 0.289. The molecule has 2 rings (SSSR count). The molecular weight excluding hydrogens is 256 g/mol. The molecule has 1 fully saturated rings. The van der Waals surface area contributed by atoms with Crippen LogP contribution in [-0.4, -0.2) is 44.6 Å². The van der Waals surface area contributed by atoms with E-state index in [9.17, 15) is 9.59 Å². The number of aryl methyl sites for hydroxylation is 1. The normalized spacial score (nSPS) is 26.8. The molecule has 1 aliphatic heterocycles. The number of carbonyl (C=O) groups excluding carboxylic acids is 2. The van der Waals surface area contributed by atoms with E-state index in [1.807, 2.05) is 27.0 Å². The van der Waals surface area contributed by atoms with E-state index < -0.39 is 11.6 Å². The van der Waals surface area contributed by atoms with Gasteiger partial charge in [-0.15, -0.1) is 0 Å². The van der Waals surface area contributed by atoms with Crippen molar-refractivity contribution in [2.45, 2.75) is 45.2 Å². The molecule has 0 aromatic carbocycles. The van der Waals surface area contributed by atoms with Crippen LogP contribution in [0, 0.1) is 0 Å². The van der Waals surface area contributed by atoms with E-state index in [-0.39, 0.29) is 11.8 Å². The number of piperazine rings is 1. The molecule has 1 aromatic rings. The standard InChI is InChI=1S/C14H22N4O2/c1-5-14(3)13(20)16-10(2)12(19)18(14)9-7-11-6-8-15-17(11)4/h6,8,10H,5,7,9H2,1-4H3,(H,16,20). The van der Waals surface area contributed by atoms with Gasteiger partial charge in [-0.05, 0) is 26.3 Å². The Bertz CT molecular complexity index is 525. The van der Waals surface area contributed by atoms with E-state index in [1.165, 1.54) is 0 Å². The van der Waals surface area contributed by atoms with Crippen molar-refractivity contribution in [3.63, 3.8) is 0 Å². The Hall–Kier alpha value is -1.85. The third kappa shape index (κ3) is 2.30. The van der Waals surface area contributed by atoms with Gasteiger partial charge in [-0.25, -0.2) is 0 Å². The van der Waals surface area contributed by atoms with Crippen LogP contribution in [0.4, 0.5) is 0 Å². The van der Waals surface area contributed by atoms with Crippen LogP contribution in [-0.2, 0) is 23.1 Å². The summed E-state index contributed by atoms with van der Waals surface area (Å²) in [4.78, 5) is 26.3. The minimum absolute atomic E-state index is 0.0175. The first-order valence-corrected chi connectivity index (χ1v) is 6.99. The zero-order chi connectivity index (χ0) is 14.9. The van der Waals surface area contributed by atoms with Gasteiger partial charge in [-0.3, -0.25) is 14.3 Å². The molecule has 2 heterocycles. The molecule has 2 atom stereocenters. The fourth-order valence-electron chi connectivity index (χ4n) is 2.59. The summed E-state index contributed by atoms with van der Waals surface area (Å²) in [6, 6.07) is 1.48. The molecule has 1 N–H and O–H groups in total. The topological polar surface area (TPSA) is 67.2 Å².